The molecule has 0 aliphatic heterocycles. The van der Waals surface area contributed by atoms with Crippen LogP contribution < -0.4 is 9.47 Å². The summed E-state index contributed by atoms with van der Waals surface area (Å²) in [7, 11) is 0. The standard InChI is InChI=1S/C28H25NO2/c1-3-24-14-15-25(18-21(24)2)26-16-17-27(30-19-22-10-6-4-7-11-22)29-28(26)31-20-23-12-8-5-9-13-23/h3-18H,1,19-20H2,2H3. The lowest BCUT2D eigenvalue weighted by molar-refractivity contribution is 0.268. The first kappa shape index (κ1) is 20.4. The average molecular weight is 408 g/mol. The number of rotatable bonds is 8. The Balaban J connectivity index is 1.62. The van der Waals surface area contributed by atoms with Crippen molar-refractivity contribution in [3.05, 3.63) is 120 Å². The molecule has 0 saturated heterocycles. The minimum absolute atomic E-state index is 0.437. The van der Waals surface area contributed by atoms with Gasteiger partial charge in [0.1, 0.15) is 13.2 Å². The number of nitrogens with zero attached hydrogens (tertiary/aromatic N) is 1. The number of ether oxygens (including phenoxy) is 2. The van der Waals surface area contributed by atoms with E-state index in [1.54, 1.807) is 0 Å². The van der Waals surface area contributed by atoms with Crippen LogP contribution >= 0.6 is 0 Å². The molecule has 4 aromatic rings. The van der Waals surface area contributed by atoms with Gasteiger partial charge in [0.15, 0.2) is 0 Å². The van der Waals surface area contributed by atoms with E-state index in [4.69, 9.17) is 9.47 Å². The fraction of sp³-hybridized carbons (Fsp3) is 0.107. The van der Waals surface area contributed by atoms with Crippen LogP contribution in [0.25, 0.3) is 17.2 Å². The summed E-state index contributed by atoms with van der Waals surface area (Å²) in [6.45, 7) is 6.85. The van der Waals surface area contributed by atoms with Crippen LogP contribution in [0.5, 0.6) is 11.8 Å². The molecule has 0 aliphatic rings. The maximum Gasteiger partial charge on any atom is 0.225 e. The van der Waals surface area contributed by atoms with Crippen molar-refractivity contribution in [1.29, 1.82) is 0 Å². The molecular weight excluding hydrogens is 382 g/mol. The molecule has 1 heterocycles. The molecule has 31 heavy (non-hydrogen) atoms. The van der Waals surface area contributed by atoms with E-state index in [-0.39, 0.29) is 0 Å². The second-order valence-corrected chi connectivity index (χ2v) is 7.33. The number of pyridine rings is 1. The molecule has 0 unspecified atom stereocenters. The van der Waals surface area contributed by atoms with Gasteiger partial charge in [-0.05, 0) is 40.8 Å². The molecule has 0 bridgehead atoms. The minimum atomic E-state index is 0.437. The Labute approximate surface area is 183 Å². The van der Waals surface area contributed by atoms with E-state index in [1.807, 2.05) is 78.9 Å². The summed E-state index contributed by atoms with van der Waals surface area (Å²) in [5, 5.41) is 0. The molecule has 0 atom stereocenters. The van der Waals surface area contributed by atoms with Crippen molar-refractivity contribution in [1.82, 2.24) is 4.98 Å². The third kappa shape index (κ3) is 5.20. The highest BCUT2D eigenvalue weighted by atomic mass is 16.5. The summed E-state index contributed by atoms with van der Waals surface area (Å²) in [6.07, 6.45) is 1.87. The van der Waals surface area contributed by atoms with Crippen LogP contribution in [0.3, 0.4) is 0 Å². The number of hydrogen-bond donors (Lipinski definition) is 0. The first-order valence-corrected chi connectivity index (χ1v) is 10.3. The fourth-order valence-corrected chi connectivity index (χ4v) is 3.36. The van der Waals surface area contributed by atoms with Crippen LogP contribution in [0.2, 0.25) is 0 Å². The third-order valence-electron chi connectivity index (χ3n) is 5.08. The molecular formula is C28H25NO2. The Kier molecular flexibility index (Phi) is 6.44. The average Bonchev–Trinajstić information content (AvgIpc) is 2.83. The predicted octanol–water partition coefficient (Wildman–Crippen LogP) is 6.86. The Hall–Kier alpha value is -3.85. The van der Waals surface area contributed by atoms with Crippen molar-refractivity contribution in [2.24, 2.45) is 0 Å². The van der Waals surface area contributed by atoms with Gasteiger partial charge in [0.05, 0.1) is 0 Å². The van der Waals surface area contributed by atoms with Crippen molar-refractivity contribution in [2.75, 3.05) is 0 Å². The lowest BCUT2D eigenvalue weighted by atomic mass is 10.0. The lowest BCUT2D eigenvalue weighted by Gasteiger charge is -2.14. The summed E-state index contributed by atoms with van der Waals surface area (Å²) in [6, 6.07) is 30.3. The van der Waals surface area contributed by atoms with Crippen LogP contribution in [0, 0.1) is 6.92 Å². The molecule has 0 saturated carbocycles. The number of benzene rings is 3. The van der Waals surface area contributed by atoms with Crippen molar-refractivity contribution >= 4 is 6.08 Å². The molecule has 0 fully saturated rings. The van der Waals surface area contributed by atoms with Gasteiger partial charge in [0.2, 0.25) is 11.8 Å². The highest BCUT2D eigenvalue weighted by Gasteiger charge is 2.12. The van der Waals surface area contributed by atoms with Crippen molar-refractivity contribution in [2.45, 2.75) is 20.1 Å². The summed E-state index contributed by atoms with van der Waals surface area (Å²) < 4.78 is 12.1. The molecule has 3 nitrogen and oxygen atoms in total. The highest BCUT2D eigenvalue weighted by Crippen LogP contribution is 2.32. The molecule has 0 aliphatic carbocycles. The maximum absolute atomic E-state index is 6.16. The van der Waals surface area contributed by atoms with Crippen LogP contribution in [-0.4, -0.2) is 4.98 Å². The zero-order valence-electron chi connectivity index (χ0n) is 17.6. The molecule has 3 aromatic carbocycles. The second-order valence-electron chi connectivity index (χ2n) is 7.33. The van der Waals surface area contributed by atoms with Crippen molar-refractivity contribution in [3.8, 4) is 22.9 Å². The minimum Gasteiger partial charge on any atom is -0.473 e. The smallest absolute Gasteiger partial charge is 0.225 e. The summed E-state index contributed by atoms with van der Waals surface area (Å²) in [5.74, 6) is 1.09. The Bertz CT molecular complexity index is 1150. The number of aryl methyl sites for hydroxylation is 1. The largest absolute Gasteiger partial charge is 0.473 e. The van der Waals surface area contributed by atoms with E-state index < -0.39 is 0 Å². The second kappa shape index (κ2) is 9.77. The third-order valence-corrected chi connectivity index (χ3v) is 5.08. The number of hydrogen-bond acceptors (Lipinski definition) is 3. The highest BCUT2D eigenvalue weighted by molar-refractivity contribution is 5.71. The molecule has 0 spiro atoms. The lowest BCUT2D eigenvalue weighted by Crippen LogP contribution is -2.02. The zero-order valence-corrected chi connectivity index (χ0v) is 17.6. The first-order valence-electron chi connectivity index (χ1n) is 10.3. The van der Waals surface area contributed by atoms with Crippen LogP contribution in [-0.2, 0) is 13.2 Å². The van der Waals surface area contributed by atoms with E-state index in [0.717, 1.165) is 33.4 Å². The van der Waals surface area contributed by atoms with Gasteiger partial charge in [0.25, 0.3) is 0 Å². The fourth-order valence-electron chi connectivity index (χ4n) is 3.36. The van der Waals surface area contributed by atoms with Crippen molar-refractivity contribution in [3.63, 3.8) is 0 Å². The molecule has 3 heteroatoms. The Morgan fingerprint density at radius 2 is 1.42 bits per heavy atom. The number of aromatic nitrogens is 1. The summed E-state index contributed by atoms with van der Waals surface area (Å²) in [5.41, 5.74) is 6.44. The van der Waals surface area contributed by atoms with Gasteiger partial charge >= 0.3 is 0 Å². The van der Waals surface area contributed by atoms with E-state index in [9.17, 15) is 0 Å². The quantitative estimate of drug-likeness (QED) is 0.320. The monoisotopic (exact) mass is 407 g/mol. The van der Waals surface area contributed by atoms with Gasteiger partial charge in [-0.25, -0.2) is 0 Å². The molecule has 4 rings (SSSR count). The van der Waals surface area contributed by atoms with E-state index in [1.165, 1.54) is 0 Å². The molecule has 1 aromatic heterocycles. The molecule has 0 amide bonds. The van der Waals surface area contributed by atoms with E-state index in [0.29, 0.717) is 25.0 Å². The predicted molar refractivity (Wildman–Crippen MR) is 126 cm³/mol. The van der Waals surface area contributed by atoms with Gasteiger partial charge in [-0.1, -0.05) is 91.5 Å². The van der Waals surface area contributed by atoms with E-state index >= 15 is 0 Å². The molecule has 0 N–H and O–H groups in total. The van der Waals surface area contributed by atoms with Gasteiger partial charge in [-0.3, -0.25) is 0 Å². The van der Waals surface area contributed by atoms with Crippen molar-refractivity contribution < 1.29 is 9.47 Å². The van der Waals surface area contributed by atoms with Gasteiger partial charge in [-0.2, -0.15) is 4.98 Å². The van der Waals surface area contributed by atoms with Gasteiger partial charge in [-0.15, -0.1) is 0 Å². The van der Waals surface area contributed by atoms with E-state index in [2.05, 4.69) is 36.7 Å². The zero-order chi connectivity index (χ0) is 21.5. The van der Waals surface area contributed by atoms with Crippen LogP contribution in [0.1, 0.15) is 22.3 Å². The SMILES string of the molecule is C=Cc1ccc(-c2ccc(OCc3ccccc3)nc2OCc2ccccc2)cc1C. The van der Waals surface area contributed by atoms with Gasteiger partial charge < -0.3 is 9.47 Å². The van der Waals surface area contributed by atoms with Crippen LogP contribution in [0.15, 0.2) is 97.6 Å². The normalized spacial score (nSPS) is 10.5. The molecule has 154 valence electrons. The summed E-state index contributed by atoms with van der Waals surface area (Å²) >= 11 is 0. The molecule has 0 radical (unpaired) electrons. The Morgan fingerprint density at radius 1 is 0.774 bits per heavy atom. The first-order chi connectivity index (χ1) is 15.2. The van der Waals surface area contributed by atoms with Gasteiger partial charge in [0, 0.05) is 11.6 Å². The van der Waals surface area contributed by atoms with Crippen LogP contribution in [0.4, 0.5) is 0 Å². The topological polar surface area (TPSA) is 31.4 Å². The Morgan fingerprint density at radius 3 is 2.03 bits per heavy atom. The maximum atomic E-state index is 6.16. The summed E-state index contributed by atoms with van der Waals surface area (Å²) in [4.78, 5) is 4.69.